The standard InChI is InChI=1S/C25H28N4O2/c1-25(2,31)12-6-9-18-7-5-8-19(13-18)16-29-17-20(15-26-29)14-23(30)24-21-10-3-4-11-22(21)27-28-24/h3-5,7-8,10-11,13,15,17,31H,6,9,12,14,16H2,1-2H3,(H,27,28). The van der Waals surface area contributed by atoms with Crippen molar-refractivity contribution in [3.05, 3.63) is 83.3 Å². The van der Waals surface area contributed by atoms with Gasteiger partial charge in [-0.25, -0.2) is 0 Å². The summed E-state index contributed by atoms with van der Waals surface area (Å²) in [5, 5.41) is 22.3. The number of carbonyl (C=O) groups excluding carboxylic acids is 1. The number of aryl methyl sites for hydroxylation is 1. The van der Waals surface area contributed by atoms with Gasteiger partial charge in [-0.3, -0.25) is 14.6 Å². The number of carbonyl (C=O) groups is 1. The quantitative estimate of drug-likeness (QED) is 0.398. The number of nitrogens with one attached hydrogen (secondary N) is 1. The summed E-state index contributed by atoms with van der Waals surface area (Å²) >= 11 is 0. The lowest BCUT2D eigenvalue weighted by atomic mass is 9.98. The van der Waals surface area contributed by atoms with Crippen LogP contribution in [0.5, 0.6) is 0 Å². The van der Waals surface area contributed by atoms with Crippen LogP contribution in [0, 0.1) is 0 Å². The summed E-state index contributed by atoms with van der Waals surface area (Å²) in [5.74, 6) is -0.0224. The summed E-state index contributed by atoms with van der Waals surface area (Å²) in [4.78, 5) is 12.7. The molecule has 2 aromatic carbocycles. The predicted molar refractivity (Wildman–Crippen MR) is 121 cm³/mol. The van der Waals surface area contributed by atoms with Crippen molar-refractivity contribution >= 4 is 16.7 Å². The Morgan fingerprint density at radius 3 is 2.74 bits per heavy atom. The smallest absolute Gasteiger partial charge is 0.188 e. The first-order valence-corrected chi connectivity index (χ1v) is 10.7. The van der Waals surface area contributed by atoms with Crippen molar-refractivity contribution < 1.29 is 9.90 Å². The van der Waals surface area contributed by atoms with Crippen molar-refractivity contribution in [3.8, 4) is 0 Å². The molecule has 31 heavy (non-hydrogen) atoms. The van der Waals surface area contributed by atoms with Gasteiger partial charge in [-0.1, -0.05) is 42.5 Å². The average molecular weight is 417 g/mol. The van der Waals surface area contributed by atoms with Crippen LogP contribution in [0.25, 0.3) is 10.9 Å². The summed E-state index contributed by atoms with van der Waals surface area (Å²) in [6.45, 7) is 4.34. The van der Waals surface area contributed by atoms with E-state index >= 15 is 0 Å². The van der Waals surface area contributed by atoms with Gasteiger partial charge in [0, 0.05) is 18.0 Å². The van der Waals surface area contributed by atoms with Crippen molar-refractivity contribution in [3.63, 3.8) is 0 Å². The van der Waals surface area contributed by atoms with Gasteiger partial charge in [0.2, 0.25) is 0 Å². The van der Waals surface area contributed by atoms with Crippen LogP contribution >= 0.6 is 0 Å². The van der Waals surface area contributed by atoms with Crippen LogP contribution in [0.1, 0.15) is 53.9 Å². The highest BCUT2D eigenvalue weighted by atomic mass is 16.3. The second-order valence-corrected chi connectivity index (χ2v) is 8.75. The number of H-pyrrole nitrogens is 1. The number of aliphatic hydroxyl groups is 1. The highest BCUT2D eigenvalue weighted by Crippen LogP contribution is 2.18. The topological polar surface area (TPSA) is 83.8 Å². The number of ketones is 1. The van der Waals surface area contributed by atoms with E-state index in [-0.39, 0.29) is 12.2 Å². The minimum atomic E-state index is -0.622. The van der Waals surface area contributed by atoms with E-state index in [4.69, 9.17) is 0 Å². The Bertz CT molecular complexity index is 1180. The second kappa shape index (κ2) is 8.86. The number of hydrogen-bond acceptors (Lipinski definition) is 4. The highest BCUT2D eigenvalue weighted by molar-refractivity contribution is 6.06. The summed E-state index contributed by atoms with van der Waals surface area (Å²) in [5.41, 5.74) is 4.02. The summed E-state index contributed by atoms with van der Waals surface area (Å²) in [6, 6.07) is 16.1. The molecule has 4 aromatic rings. The normalized spacial score (nSPS) is 11.8. The van der Waals surface area contributed by atoms with Crippen LogP contribution in [0.4, 0.5) is 0 Å². The van der Waals surface area contributed by atoms with Crippen LogP contribution in [-0.2, 0) is 19.4 Å². The van der Waals surface area contributed by atoms with Gasteiger partial charge in [0.15, 0.2) is 5.78 Å². The number of hydrogen-bond donors (Lipinski definition) is 2. The number of nitrogens with zero attached hydrogens (tertiary/aromatic N) is 3. The molecule has 2 aromatic heterocycles. The third-order valence-electron chi connectivity index (χ3n) is 5.38. The molecule has 0 atom stereocenters. The zero-order chi connectivity index (χ0) is 21.8. The van der Waals surface area contributed by atoms with Crippen LogP contribution in [-0.4, -0.2) is 36.5 Å². The molecule has 2 heterocycles. The first kappa shape index (κ1) is 21.0. The number of rotatable bonds is 9. The molecular formula is C25H28N4O2. The van der Waals surface area contributed by atoms with E-state index in [1.807, 2.05) is 49.0 Å². The van der Waals surface area contributed by atoms with Gasteiger partial charge in [0.1, 0.15) is 5.69 Å². The third-order valence-corrected chi connectivity index (χ3v) is 5.38. The second-order valence-electron chi connectivity index (χ2n) is 8.75. The zero-order valence-corrected chi connectivity index (χ0v) is 18.0. The minimum absolute atomic E-state index is 0.0224. The van der Waals surface area contributed by atoms with Crippen LogP contribution in [0.3, 0.4) is 0 Å². The fraction of sp³-hybridized carbons (Fsp3) is 0.320. The van der Waals surface area contributed by atoms with Crippen molar-refractivity contribution in [2.45, 2.75) is 51.7 Å². The Morgan fingerprint density at radius 1 is 1.10 bits per heavy atom. The maximum atomic E-state index is 12.7. The SMILES string of the molecule is CC(C)(O)CCCc1cccc(Cn2cc(CC(=O)c3n[nH]c4ccccc34)cn2)c1. The Hall–Kier alpha value is -3.25. The van der Waals surface area contributed by atoms with E-state index in [9.17, 15) is 9.90 Å². The molecular weight excluding hydrogens is 388 g/mol. The molecule has 0 aliphatic heterocycles. The number of benzene rings is 2. The molecule has 0 saturated carbocycles. The van der Waals surface area contributed by atoms with Crippen molar-refractivity contribution in [2.75, 3.05) is 0 Å². The van der Waals surface area contributed by atoms with Gasteiger partial charge in [-0.05, 0) is 55.9 Å². The van der Waals surface area contributed by atoms with Gasteiger partial charge in [0.05, 0.1) is 23.9 Å². The van der Waals surface area contributed by atoms with Crippen LogP contribution < -0.4 is 0 Å². The average Bonchev–Trinajstić information content (AvgIpc) is 3.34. The van der Waals surface area contributed by atoms with Crippen LogP contribution in [0.15, 0.2) is 60.9 Å². The zero-order valence-electron chi connectivity index (χ0n) is 18.0. The highest BCUT2D eigenvalue weighted by Gasteiger charge is 2.15. The lowest BCUT2D eigenvalue weighted by Crippen LogP contribution is -2.18. The van der Waals surface area contributed by atoms with E-state index in [1.54, 1.807) is 6.20 Å². The lowest BCUT2D eigenvalue weighted by molar-refractivity contribution is 0.0689. The van der Waals surface area contributed by atoms with E-state index in [0.717, 1.165) is 35.7 Å². The lowest BCUT2D eigenvalue weighted by Gasteiger charge is -2.16. The van der Waals surface area contributed by atoms with E-state index in [2.05, 4.69) is 39.6 Å². The molecule has 0 aliphatic carbocycles. The molecule has 160 valence electrons. The van der Waals surface area contributed by atoms with Gasteiger partial charge in [-0.15, -0.1) is 0 Å². The fourth-order valence-electron chi connectivity index (χ4n) is 3.82. The van der Waals surface area contributed by atoms with Gasteiger partial charge < -0.3 is 5.11 Å². The molecule has 4 rings (SSSR count). The van der Waals surface area contributed by atoms with E-state index < -0.39 is 5.60 Å². The molecule has 0 fully saturated rings. The molecule has 6 nitrogen and oxygen atoms in total. The number of aromatic nitrogens is 4. The van der Waals surface area contributed by atoms with Gasteiger partial charge >= 0.3 is 0 Å². The fourth-order valence-corrected chi connectivity index (χ4v) is 3.82. The molecule has 0 radical (unpaired) electrons. The number of para-hydroxylation sites is 1. The minimum Gasteiger partial charge on any atom is -0.390 e. The molecule has 0 spiro atoms. The molecule has 0 aliphatic rings. The molecule has 6 heteroatoms. The van der Waals surface area contributed by atoms with Crippen molar-refractivity contribution in [1.82, 2.24) is 20.0 Å². The Kier molecular flexibility index (Phi) is 6.00. The van der Waals surface area contributed by atoms with E-state index in [0.29, 0.717) is 12.2 Å². The summed E-state index contributed by atoms with van der Waals surface area (Å²) in [6.07, 6.45) is 6.61. The van der Waals surface area contributed by atoms with Gasteiger partial charge in [-0.2, -0.15) is 10.2 Å². The summed E-state index contributed by atoms with van der Waals surface area (Å²) in [7, 11) is 0. The molecule has 2 N–H and O–H groups in total. The predicted octanol–water partition coefficient (Wildman–Crippen LogP) is 4.33. The summed E-state index contributed by atoms with van der Waals surface area (Å²) < 4.78 is 1.86. The van der Waals surface area contributed by atoms with Crippen molar-refractivity contribution in [2.24, 2.45) is 0 Å². The monoisotopic (exact) mass is 416 g/mol. The first-order chi connectivity index (χ1) is 14.9. The molecule has 0 unspecified atom stereocenters. The Balaban J connectivity index is 1.38. The third kappa shape index (κ3) is 5.47. The molecule has 0 saturated heterocycles. The first-order valence-electron chi connectivity index (χ1n) is 10.7. The number of fused-ring (bicyclic) bond motifs is 1. The Labute approximate surface area is 181 Å². The maximum Gasteiger partial charge on any atom is 0.188 e. The maximum absolute atomic E-state index is 12.7. The number of Topliss-reactive ketones (excluding diaryl/α,β-unsaturated/α-hetero) is 1. The molecule has 0 amide bonds. The largest absolute Gasteiger partial charge is 0.390 e. The Morgan fingerprint density at radius 2 is 1.90 bits per heavy atom. The molecule has 0 bridgehead atoms. The van der Waals surface area contributed by atoms with Gasteiger partial charge in [0.25, 0.3) is 0 Å². The van der Waals surface area contributed by atoms with Crippen molar-refractivity contribution in [1.29, 1.82) is 0 Å². The number of aromatic amines is 1. The van der Waals surface area contributed by atoms with E-state index in [1.165, 1.54) is 11.1 Å². The van der Waals surface area contributed by atoms with Crippen LogP contribution in [0.2, 0.25) is 0 Å².